The molecule has 0 unspecified atom stereocenters. The van der Waals surface area contributed by atoms with Gasteiger partial charge in [0, 0.05) is 6.54 Å². The Labute approximate surface area is 83.8 Å². The predicted molar refractivity (Wildman–Crippen MR) is 53.7 cm³/mol. The zero-order chi connectivity index (χ0) is 9.80. The summed E-state index contributed by atoms with van der Waals surface area (Å²) < 4.78 is 10.6. The Bertz CT molecular complexity index is 297. The molecule has 1 aromatic carbocycles. The molecular formula is C11H15NO2. The average Bonchev–Trinajstić information content (AvgIpc) is 2.16. The van der Waals surface area contributed by atoms with Gasteiger partial charge >= 0.3 is 0 Å². The van der Waals surface area contributed by atoms with Crippen molar-refractivity contribution in [3.05, 3.63) is 35.4 Å². The van der Waals surface area contributed by atoms with Crippen molar-refractivity contribution in [3.63, 3.8) is 0 Å². The fourth-order valence-electron chi connectivity index (χ4n) is 1.37. The van der Waals surface area contributed by atoms with Crippen LogP contribution in [-0.2, 0) is 22.6 Å². The van der Waals surface area contributed by atoms with Crippen LogP contribution < -0.4 is 5.73 Å². The lowest BCUT2D eigenvalue weighted by atomic mass is 10.1. The van der Waals surface area contributed by atoms with Gasteiger partial charge in [-0.25, -0.2) is 0 Å². The van der Waals surface area contributed by atoms with E-state index >= 15 is 0 Å². The molecule has 76 valence electrons. The molecule has 1 aliphatic rings. The second-order valence-corrected chi connectivity index (χ2v) is 3.49. The maximum absolute atomic E-state index is 5.60. The summed E-state index contributed by atoms with van der Waals surface area (Å²) in [6, 6.07) is 8.17. The molecule has 3 heteroatoms. The molecule has 0 bridgehead atoms. The molecule has 0 atom stereocenters. The molecule has 2 rings (SSSR count). The van der Waals surface area contributed by atoms with Crippen LogP contribution in [0.5, 0.6) is 0 Å². The van der Waals surface area contributed by atoms with E-state index in [0.29, 0.717) is 13.2 Å². The topological polar surface area (TPSA) is 44.5 Å². The molecule has 2 N–H and O–H groups in total. The van der Waals surface area contributed by atoms with E-state index in [1.54, 1.807) is 0 Å². The van der Waals surface area contributed by atoms with Gasteiger partial charge in [-0.05, 0) is 11.1 Å². The van der Waals surface area contributed by atoms with Crippen LogP contribution in [0.25, 0.3) is 0 Å². The molecule has 1 heterocycles. The first-order valence-corrected chi connectivity index (χ1v) is 4.85. The summed E-state index contributed by atoms with van der Waals surface area (Å²) >= 11 is 0. The number of nitrogens with two attached hydrogens (primary N) is 1. The third-order valence-electron chi connectivity index (χ3n) is 2.32. The van der Waals surface area contributed by atoms with Gasteiger partial charge in [0.2, 0.25) is 0 Å². The minimum absolute atomic E-state index is 0.288. The van der Waals surface area contributed by atoms with Gasteiger partial charge in [0.15, 0.2) is 0 Å². The van der Waals surface area contributed by atoms with Gasteiger partial charge in [-0.2, -0.15) is 0 Å². The van der Waals surface area contributed by atoms with E-state index in [4.69, 9.17) is 15.2 Å². The molecule has 1 aromatic rings. The lowest BCUT2D eigenvalue weighted by Crippen LogP contribution is -2.35. The highest BCUT2D eigenvalue weighted by atomic mass is 16.6. The Kier molecular flexibility index (Phi) is 3.14. The first kappa shape index (κ1) is 9.65. The molecule has 1 aliphatic heterocycles. The molecule has 0 aliphatic carbocycles. The SMILES string of the molecule is NCc1cccc(COC2COC2)c1. The Morgan fingerprint density at radius 2 is 2.14 bits per heavy atom. The van der Waals surface area contributed by atoms with Crippen molar-refractivity contribution >= 4 is 0 Å². The number of hydrogen-bond donors (Lipinski definition) is 1. The van der Waals surface area contributed by atoms with E-state index in [2.05, 4.69) is 12.1 Å². The zero-order valence-corrected chi connectivity index (χ0v) is 8.11. The molecule has 0 spiro atoms. The van der Waals surface area contributed by atoms with Crippen molar-refractivity contribution < 1.29 is 9.47 Å². The predicted octanol–water partition coefficient (Wildman–Crippen LogP) is 1.06. The van der Waals surface area contributed by atoms with Crippen LogP contribution in [0.4, 0.5) is 0 Å². The maximum Gasteiger partial charge on any atom is 0.105 e. The highest BCUT2D eigenvalue weighted by Crippen LogP contribution is 2.11. The minimum Gasteiger partial charge on any atom is -0.376 e. The Morgan fingerprint density at radius 1 is 1.36 bits per heavy atom. The van der Waals surface area contributed by atoms with E-state index in [0.717, 1.165) is 18.8 Å². The number of ether oxygens (including phenoxy) is 2. The summed E-state index contributed by atoms with van der Waals surface area (Å²) in [7, 11) is 0. The van der Waals surface area contributed by atoms with E-state index in [9.17, 15) is 0 Å². The van der Waals surface area contributed by atoms with Crippen LogP contribution in [0.3, 0.4) is 0 Å². The van der Waals surface area contributed by atoms with Crippen molar-refractivity contribution in [2.45, 2.75) is 19.3 Å². The first-order valence-electron chi connectivity index (χ1n) is 4.85. The van der Waals surface area contributed by atoms with Crippen LogP contribution >= 0.6 is 0 Å². The fraction of sp³-hybridized carbons (Fsp3) is 0.455. The normalized spacial score (nSPS) is 16.6. The van der Waals surface area contributed by atoms with Gasteiger partial charge in [0.25, 0.3) is 0 Å². The number of rotatable bonds is 4. The van der Waals surface area contributed by atoms with Crippen LogP contribution in [0.1, 0.15) is 11.1 Å². The Hall–Kier alpha value is -0.900. The van der Waals surface area contributed by atoms with Gasteiger partial charge in [-0.1, -0.05) is 24.3 Å². The third-order valence-corrected chi connectivity index (χ3v) is 2.32. The van der Waals surface area contributed by atoms with Crippen molar-refractivity contribution in [2.75, 3.05) is 13.2 Å². The molecule has 0 saturated carbocycles. The standard InChI is InChI=1S/C11H15NO2/c12-5-9-2-1-3-10(4-9)6-14-11-7-13-8-11/h1-4,11H,5-8,12H2. The van der Waals surface area contributed by atoms with Gasteiger partial charge in [-0.15, -0.1) is 0 Å². The summed E-state index contributed by atoms with van der Waals surface area (Å²) in [6.07, 6.45) is 0.288. The molecular weight excluding hydrogens is 178 g/mol. The highest BCUT2D eigenvalue weighted by molar-refractivity contribution is 5.22. The summed E-state index contributed by atoms with van der Waals surface area (Å²) in [4.78, 5) is 0. The van der Waals surface area contributed by atoms with Crippen LogP contribution in [0.15, 0.2) is 24.3 Å². The van der Waals surface area contributed by atoms with Crippen molar-refractivity contribution in [2.24, 2.45) is 5.73 Å². The van der Waals surface area contributed by atoms with E-state index in [1.807, 2.05) is 12.1 Å². The third kappa shape index (κ3) is 2.32. The van der Waals surface area contributed by atoms with Crippen LogP contribution in [0.2, 0.25) is 0 Å². The highest BCUT2D eigenvalue weighted by Gasteiger charge is 2.18. The second kappa shape index (κ2) is 4.55. The molecule has 0 aromatic heterocycles. The average molecular weight is 193 g/mol. The quantitative estimate of drug-likeness (QED) is 0.777. The van der Waals surface area contributed by atoms with Gasteiger partial charge in [0.05, 0.1) is 19.8 Å². The smallest absolute Gasteiger partial charge is 0.105 e. The molecule has 3 nitrogen and oxygen atoms in total. The van der Waals surface area contributed by atoms with Crippen molar-refractivity contribution in [1.82, 2.24) is 0 Å². The first-order chi connectivity index (χ1) is 6.88. The van der Waals surface area contributed by atoms with Crippen LogP contribution in [0, 0.1) is 0 Å². The summed E-state index contributed by atoms with van der Waals surface area (Å²) in [5.41, 5.74) is 7.88. The molecule has 14 heavy (non-hydrogen) atoms. The van der Waals surface area contributed by atoms with Crippen molar-refractivity contribution in [3.8, 4) is 0 Å². The largest absolute Gasteiger partial charge is 0.376 e. The summed E-state index contributed by atoms with van der Waals surface area (Å²) in [5, 5.41) is 0. The lowest BCUT2D eigenvalue weighted by Gasteiger charge is -2.26. The van der Waals surface area contributed by atoms with E-state index in [1.165, 1.54) is 5.56 Å². The fourth-order valence-corrected chi connectivity index (χ4v) is 1.37. The Morgan fingerprint density at radius 3 is 2.79 bits per heavy atom. The van der Waals surface area contributed by atoms with Crippen molar-refractivity contribution in [1.29, 1.82) is 0 Å². The molecule has 0 amide bonds. The van der Waals surface area contributed by atoms with Gasteiger partial charge < -0.3 is 15.2 Å². The molecule has 1 saturated heterocycles. The van der Waals surface area contributed by atoms with E-state index in [-0.39, 0.29) is 6.10 Å². The minimum atomic E-state index is 0.288. The molecule has 0 radical (unpaired) electrons. The lowest BCUT2D eigenvalue weighted by molar-refractivity contribution is -0.135. The molecule has 1 fully saturated rings. The number of hydrogen-bond acceptors (Lipinski definition) is 3. The van der Waals surface area contributed by atoms with Crippen LogP contribution in [-0.4, -0.2) is 19.3 Å². The number of benzene rings is 1. The van der Waals surface area contributed by atoms with Gasteiger partial charge in [0.1, 0.15) is 6.10 Å². The zero-order valence-electron chi connectivity index (χ0n) is 8.11. The summed E-state index contributed by atoms with van der Waals surface area (Å²) in [5.74, 6) is 0. The second-order valence-electron chi connectivity index (χ2n) is 3.49. The maximum atomic E-state index is 5.60. The summed E-state index contributed by atoms with van der Waals surface area (Å²) in [6.45, 7) is 2.70. The van der Waals surface area contributed by atoms with E-state index < -0.39 is 0 Å². The Balaban J connectivity index is 1.87. The van der Waals surface area contributed by atoms with Gasteiger partial charge in [-0.3, -0.25) is 0 Å². The monoisotopic (exact) mass is 193 g/mol.